The molecule has 2 N–H and O–H groups in total. The maximum Gasteiger partial charge on any atom is 0.154 e. The van der Waals surface area contributed by atoms with E-state index in [0.29, 0.717) is 18.6 Å². The molecule has 0 saturated carbocycles. The molecule has 6 heteroatoms. The zero-order chi connectivity index (χ0) is 14.8. The van der Waals surface area contributed by atoms with Gasteiger partial charge in [-0.15, -0.1) is 0 Å². The highest BCUT2D eigenvalue weighted by Crippen LogP contribution is 2.23. The van der Waals surface area contributed by atoms with Crippen LogP contribution in [0.15, 0.2) is 6.07 Å². The summed E-state index contributed by atoms with van der Waals surface area (Å²) in [4.78, 5) is 0. The normalized spacial score (nSPS) is 23.6. The molecule has 1 fully saturated rings. The molecule has 1 aliphatic heterocycles. The minimum absolute atomic E-state index is 0.290. The molecule has 1 aliphatic rings. The fourth-order valence-corrected chi connectivity index (χ4v) is 5.02. The molecular weight excluding hydrogens is 274 g/mol. The second-order valence-corrected chi connectivity index (χ2v) is 7.90. The average Bonchev–Trinajstić information content (AvgIpc) is 2.80. The Kier molecular flexibility index (Phi) is 4.86. The monoisotopic (exact) mass is 299 g/mol. The van der Waals surface area contributed by atoms with Gasteiger partial charge in [0.2, 0.25) is 0 Å². The summed E-state index contributed by atoms with van der Waals surface area (Å²) < 4.78 is 26.2. The van der Waals surface area contributed by atoms with Crippen molar-refractivity contribution in [3.63, 3.8) is 0 Å². The molecule has 2 unspecified atom stereocenters. The van der Waals surface area contributed by atoms with Gasteiger partial charge in [-0.1, -0.05) is 13.3 Å². The highest BCUT2D eigenvalue weighted by atomic mass is 32.2. The first-order valence-corrected chi connectivity index (χ1v) is 9.22. The van der Waals surface area contributed by atoms with E-state index in [4.69, 9.17) is 5.73 Å². The minimum Gasteiger partial charge on any atom is -0.326 e. The van der Waals surface area contributed by atoms with Crippen molar-refractivity contribution in [1.82, 2.24) is 9.78 Å². The number of aryl methyl sites for hydroxylation is 2. The van der Waals surface area contributed by atoms with Crippen molar-refractivity contribution < 1.29 is 8.42 Å². The molecule has 1 saturated heterocycles. The maximum absolute atomic E-state index is 12.1. The molecular formula is C14H25N3O2S. The van der Waals surface area contributed by atoms with Crippen LogP contribution in [0, 0.1) is 0 Å². The summed E-state index contributed by atoms with van der Waals surface area (Å²) in [5.74, 6) is 0.290. The van der Waals surface area contributed by atoms with Crippen molar-refractivity contribution in [3.05, 3.63) is 17.5 Å². The zero-order valence-corrected chi connectivity index (χ0v) is 13.2. The number of hydrogen-bond acceptors (Lipinski definition) is 4. The lowest BCUT2D eigenvalue weighted by Gasteiger charge is -2.27. The molecule has 5 nitrogen and oxygen atoms in total. The van der Waals surface area contributed by atoms with Crippen LogP contribution in [-0.2, 0) is 29.2 Å². The van der Waals surface area contributed by atoms with Gasteiger partial charge in [-0.3, -0.25) is 4.68 Å². The van der Waals surface area contributed by atoms with Crippen molar-refractivity contribution in [1.29, 1.82) is 0 Å². The van der Waals surface area contributed by atoms with Crippen molar-refractivity contribution in [2.24, 2.45) is 5.73 Å². The average molecular weight is 299 g/mol. The summed E-state index contributed by atoms with van der Waals surface area (Å²) in [6.45, 7) is 4.90. The van der Waals surface area contributed by atoms with E-state index in [9.17, 15) is 8.42 Å². The molecule has 0 aliphatic carbocycles. The van der Waals surface area contributed by atoms with Gasteiger partial charge in [0.1, 0.15) is 0 Å². The molecule has 0 spiro atoms. The van der Waals surface area contributed by atoms with E-state index in [1.54, 1.807) is 0 Å². The Morgan fingerprint density at radius 3 is 2.80 bits per heavy atom. The lowest BCUT2D eigenvalue weighted by molar-refractivity contribution is 0.484. The highest BCUT2D eigenvalue weighted by Gasteiger charge is 2.34. The van der Waals surface area contributed by atoms with Crippen molar-refractivity contribution in [2.45, 2.75) is 63.8 Å². The second-order valence-electron chi connectivity index (χ2n) is 5.57. The number of aromatic nitrogens is 2. The third-order valence-electron chi connectivity index (χ3n) is 4.13. The molecule has 0 amide bonds. The van der Waals surface area contributed by atoms with Crippen LogP contribution in [0.25, 0.3) is 0 Å². The van der Waals surface area contributed by atoms with Crippen molar-refractivity contribution in [3.8, 4) is 0 Å². The lowest BCUT2D eigenvalue weighted by Crippen LogP contribution is -2.45. The lowest BCUT2D eigenvalue weighted by atomic mass is 10.0. The number of hydrogen-bond donors (Lipinski definition) is 1. The van der Waals surface area contributed by atoms with Crippen LogP contribution in [0.3, 0.4) is 0 Å². The summed E-state index contributed by atoms with van der Waals surface area (Å²) in [7, 11) is -3.02. The standard InChI is InChI=1S/C14H25N3O2S/c1-3-11-9-12(17(4-2)16-11)10-13(15)14-7-5-6-8-20(14,18)19/h9,13-14H,3-8,10,15H2,1-2H3. The van der Waals surface area contributed by atoms with Gasteiger partial charge >= 0.3 is 0 Å². The van der Waals surface area contributed by atoms with E-state index in [0.717, 1.165) is 37.2 Å². The van der Waals surface area contributed by atoms with Crippen LogP contribution in [-0.4, -0.2) is 35.2 Å². The maximum atomic E-state index is 12.1. The van der Waals surface area contributed by atoms with Crippen LogP contribution >= 0.6 is 0 Å². The van der Waals surface area contributed by atoms with E-state index in [1.807, 2.05) is 11.6 Å². The Bertz CT molecular complexity index is 551. The van der Waals surface area contributed by atoms with Crippen LogP contribution in [0.1, 0.15) is 44.5 Å². The Balaban J connectivity index is 2.14. The Hall–Kier alpha value is -0.880. The predicted octanol–water partition coefficient (Wildman–Crippen LogP) is 1.30. The van der Waals surface area contributed by atoms with Gasteiger partial charge in [0, 0.05) is 24.7 Å². The van der Waals surface area contributed by atoms with Crippen LogP contribution in [0.2, 0.25) is 0 Å². The molecule has 1 aromatic rings. The SMILES string of the molecule is CCc1cc(CC(N)C2CCCCS2(=O)=O)n(CC)n1. The number of nitrogens with zero attached hydrogens (tertiary/aromatic N) is 2. The van der Waals surface area contributed by atoms with Gasteiger partial charge in [-0.05, 0) is 32.3 Å². The molecule has 0 bridgehead atoms. The van der Waals surface area contributed by atoms with Gasteiger partial charge in [0.15, 0.2) is 9.84 Å². The number of sulfone groups is 1. The smallest absolute Gasteiger partial charge is 0.154 e. The predicted molar refractivity (Wildman–Crippen MR) is 80.4 cm³/mol. The summed E-state index contributed by atoms with van der Waals surface area (Å²) in [6, 6.07) is 1.73. The zero-order valence-electron chi connectivity index (χ0n) is 12.4. The Morgan fingerprint density at radius 2 is 2.20 bits per heavy atom. The van der Waals surface area contributed by atoms with E-state index in [1.165, 1.54) is 0 Å². The number of nitrogens with two attached hydrogens (primary N) is 1. The first-order chi connectivity index (χ1) is 9.47. The van der Waals surface area contributed by atoms with Gasteiger partial charge in [-0.2, -0.15) is 5.10 Å². The minimum atomic E-state index is -3.02. The van der Waals surface area contributed by atoms with Gasteiger partial charge < -0.3 is 5.73 Å². The fraction of sp³-hybridized carbons (Fsp3) is 0.786. The molecule has 2 rings (SSSR count). The molecule has 0 aromatic carbocycles. The van der Waals surface area contributed by atoms with Crippen LogP contribution in [0.4, 0.5) is 0 Å². The van der Waals surface area contributed by atoms with E-state index in [2.05, 4.69) is 18.1 Å². The number of rotatable bonds is 5. The molecule has 0 radical (unpaired) electrons. The second kappa shape index (κ2) is 6.26. The van der Waals surface area contributed by atoms with Crippen molar-refractivity contribution >= 4 is 9.84 Å². The molecule has 20 heavy (non-hydrogen) atoms. The summed E-state index contributed by atoms with van der Waals surface area (Å²) in [5.41, 5.74) is 8.31. The Labute approximate surface area is 121 Å². The largest absolute Gasteiger partial charge is 0.326 e. The van der Waals surface area contributed by atoms with Crippen molar-refractivity contribution in [2.75, 3.05) is 5.75 Å². The van der Waals surface area contributed by atoms with Crippen LogP contribution < -0.4 is 5.73 Å². The summed E-state index contributed by atoms with van der Waals surface area (Å²) in [5, 5.41) is 4.11. The van der Waals surface area contributed by atoms with E-state index in [-0.39, 0.29) is 11.3 Å². The summed E-state index contributed by atoms with van der Waals surface area (Å²) >= 11 is 0. The first-order valence-electron chi connectivity index (χ1n) is 7.50. The third kappa shape index (κ3) is 3.23. The quantitative estimate of drug-likeness (QED) is 0.889. The topological polar surface area (TPSA) is 78.0 Å². The molecule has 2 heterocycles. The van der Waals surface area contributed by atoms with Gasteiger partial charge in [-0.25, -0.2) is 8.42 Å². The highest BCUT2D eigenvalue weighted by molar-refractivity contribution is 7.92. The Morgan fingerprint density at radius 1 is 1.45 bits per heavy atom. The molecule has 114 valence electrons. The summed E-state index contributed by atoms with van der Waals surface area (Å²) in [6.07, 6.45) is 3.91. The van der Waals surface area contributed by atoms with E-state index >= 15 is 0 Å². The fourth-order valence-electron chi connectivity index (χ4n) is 2.96. The first kappa shape index (κ1) is 15.5. The van der Waals surface area contributed by atoms with E-state index < -0.39 is 9.84 Å². The molecule has 2 atom stereocenters. The molecule has 1 aromatic heterocycles. The third-order valence-corrected chi connectivity index (χ3v) is 6.49. The van der Waals surface area contributed by atoms with Crippen LogP contribution in [0.5, 0.6) is 0 Å². The van der Waals surface area contributed by atoms with Gasteiger partial charge in [0.25, 0.3) is 0 Å². The van der Waals surface area contributed by atoms with Gasteiger partial charge in [0.05, 0.1) is 16.7 Å².